The fraction of sp³-hybridized carbons (Fsp3) is 0.250. The maximum absolute atomic E-state index is 2.38. The van der Waals surface area contributed by atoms with E-state index in [-0.39, 0.29) is 0 Å². The number of aryl methyl sites for hydroxylation is 1. The first-order chi connectivity index (χ1) is 14.5. The second-order valence-electron chi connectivity index (χ2n) is 8.65. The summed E-state index contributed by atoms with van der Waals surface area (Å²) in [6.07, 6.45) is 4.36. The maximum Gasteiger partial charge on any atom is 0.293 e. The Balaban J connectivity index is 2.02. The molecule has 0 aliphatic carbocycles. The molecule has 4 aromatic rings. The molecule has 0 saturated carbocycles. The summed E-state index contributed by atoms with van der Waals surface area (Å²) < 4.78 is 4.60. The van der Waals surface area contributed by atoms with Crippen molar-refractivity contribution in [1.82, 2.24) is 4.57 Å². The van der Waals surface area contributed by atoms with Crippen LogP contribution in [0.15, 0.2) is 85.2 Å². The molecule has 152 valence electrons. The Morgan fingerprint density at radius 2 is 1.17 bits per heavy atom. The molecule has 0 bridgehead atoms. The van der Waals surface area contributed by atoms with Crippen LogP contribution in [0.25, 0.3) is 28.2 Å². The van der Waals surface area contributed by atoms with E-state index in [1.807, 2.05) is 0 Å². The van der Waals surface area contributed by atoms with E-state index in [0.29, 0.717) is 11.8 Å². The highest BCUT2D eigenvalue weighted by Gasteiger charge is 2.26. The Morgan fingerprint density at radius 1 is 0.667 bits per heavy atom. The predicted octanol–water partition coefficient (Wildman–Crippen LogP) is 6.88. The summed E-state index contributed by atoms with van der Waals surface area (Å²) in [5, 5.41) is 0. The van der Waals surface area contributed by atoms with Gasteiger partial charge in [-0.3, -0.25) is 0 Å². The van der Waals surface area contributed by atoms with E-state index in [0.717, 1.165) is 0 Å². The molecule has 0 unspecified atom stereocenters. The number of hydrogen-bond acceptors (Lipinski definition) is 0. The van der Waals surface area contributed by atoms with Crippen LogP contribution in [0, 0.1) is 0 Å². The molecule has 0 N–H and O–H groups in total. The minimum absolute atomic E-state index is 0.414. The lowest BCUT2D eigenvalue weighted by Gasteiger charge is -2.20. The van der Waals surface area contributed by atoms with E-state index in [1.165, 1.54) is 39.3 Å². The van der Waals surface area contributed by atoms with Gasteiger partial charge in [0.15, 0.2) is 0 Å². The van der Waals surface area contributed by atoms with Gasteiger partial charge in [-0.1, -0.05) is 76.2 Å². The van der Waals surface area contributed by atoms with Crippen LogP contribution in [0.3, 0.4) is 0 Å². The first-order valence-corrected chi connectivity index (χ1v) is 10.8. The van der Waals surface area contributed by atoms with Gasteiger partial charge in [-0.2, -0.15) is 4.57 Å². The van der Waals surface area contributed by atoms with E-state index in [4.69, 9.17) is 0 Å². The van der Waals surface area contributed by atoms with Crippen LogP contribution in [-0.2, 0) is 7.05 Å². The Kier molecular flexibility index (Phi) is 5.59. The van der Waals surface area contributed by atoms with Gasteiger partial charge < -0.3 is 0 Å². The smallest absolute Gasteiger partial charge is 0.232 e. The van der Waals surface area contributed by atoms with Gasteiger partial charge in [0.2, 0.25) is 0 Å². The molecular formula is C28H31N2+. The van der Waals surface area contributed by atoms with Crippen LogP contribution < -0.4 is 4.57 Å². The normalized spacial score (nSPS) is 11.4. The van der Waals surface area contributed by atoms with Gasteiger partial charge in [0.25, 0.3) is 5.82 Å². The molecule has 0 aliphatic heterocycles. The zero-order valence-corrected chi connectivity index (χ0v) is 18.6. The average molecular weight is 396 g/mol. The van der Waals surface area contributed by atoms with Crippen molar-refractivity contribution in [2.75, 3.05) is 0 Å². The van der Waals surface area contributed by atoms with E-state index < -0.39 is 0 Å². The molecule has 0 atom stereocenters. The minimum Gasteiger partial charge on any atom is -0.232 e. The molecular weight excluding hydrogens is 364 g/mol. The van der Waals surface area contributed by atoms with Gasteiger partial charge in [0, 0.05) is 11.1 Å². The summed E-state index contributed by atoms with van der Waals surface area (Å²) >= 11 is 0. The third kappa shape index (κ3) is 3.70. The number of rotatable bonds is 5. The van der Waals surface area contributed by atoms with Crippen molar-refractivity contribution in [2.24, 2.45) is 7.05 Å². The van der Waals surface area contributed by atoms with Gasteiger partial charge in [0.05, 0.1) is 12.6 Å². The minimum atomic E-state index is 0.414. The van der Waals surface area contributed by atoms with Crippen molar-refractivity contribution < 1.29 is 4.57 Å². The largest absolute Gasteiger partial charge is 0.293 e. The number of nitrogens with zero attached hydrogens (tertiary/aromatic N) is 2. The monoisotopic (exact) mass is 395 g/mol. The van der Waals surface area contributed by atoms with Crippen molar-refractivity contribution in [2.45, 2.75) is 39.5 Å². The SMILES string of the molecule is CC(C)c1cc(-c2ccccc2)cc(C(C)C)c1-n1cc[n+](C)c1-c1ccccc1. The molecule has 2 heteroatoms. The highest BCUT2D eigenvalue weighted by Crippen LogP contribution is 2.37. The van der Waals surface area contributed by atoms with Crippen molar-refractivity contribution >= 4 is 0 Å². The molecule has 0 spiro atoms. The Bertz CT molecular complexity index is 1110. The van der Waals surface area contributed by atoms with Crippen molar-refractivity contribution in [3.63, 3.8) is 0 Å². The van der Waals surface area contributed by atoms with Crippen LogP contribution in [-0.4, -0.2) is 4.57 Å². The standard InChI is InChI=1S/C28H31N2/c1-20(2)25-18-24(22-12-8-6-9-13-22)19-26(21(3)4)27(25)30-17-16-29(5)28(30)23-14-10-7-11-15-23/h6-21H,1-5H3/q+1. The Morgan fingerprint density at radius 3 is 1.67 bits per heavy atom. The lowest BCUT2D eigenvalue weighted by Crippen LogP contribution is -2.29. The van der Waals surface area contributed by atoms with Crippen LogP contribution >= 0.6 is 0 Å². The molecule has 0 fully saturated rings. The summed E-state index contributed by atoms with van der Waals surface area (Å²) in [5.74, 6) is 2.03. The van der Waals surface area contributed by atoms with Crippen LogP contribution in [0.2, 0.25) is 0 Å². The van der Waals surface area contributed by atoms with E-state index in [2.05, 4.69) is 129 Å². The predicted molar refractivity (Wildman–Crippen MR) is 126 cm³/mol. The topological polar surface area (TPSA) is 8.81 Å². The van der Waals surface area contributed by atoms with Crippen molar-refractivity contribution in [3.05, 3.63) is 96.3 Å². The van der Waals surface area contributed by atoms with Gasteiger partial charge in [0.1, 0.15) is 18.1 Å². The van der Waals surface area contributed by atoms with Crippen LogP contribution in [0.4, 0.5) is 0 Å². The zero-order chi connectivity index (χ0) is 21.3. The highest BCUT2D eigenvalue weighted by atomic mass is 15.1. The second kappa shape index (κ2) is 8.31. The Labute approximate surface area is 180 Å². The van der Waals surface area contributed by atoms with Gasteiger partial charge in [-0.05, 0) is 47.2 Å². The third-order valence-corrected chi connectivity index (χ3v) is 5.79. The van der Waals surface area contributed by atoms with Crippen molar-refractivity contribution in [3.8, 4) is 28.2 Å². The Hall–Kier alpha value is -3.13. The van der Waals surface area contributed by atoms with Crippen LogP contribution in [0.5, 0.6) is 0 Å². The summed E-state index contributed by atoms with van der Waals surface area (Å²) in [4.78, 5) is 0. The quantitative estimate of drug-likeness (QED) is 0.326. The lowest BCUT2D eigenvalue weighted by atomic mass is 9.88. The summed E-state index contributed by atoms with van der Waals surface area (Å²) in [6, 6.07) is 26.2. The summed E-state index contributed by atoms with van der Waals surface area (Å²) in [6.45, 7) is 9.18. The second-order valence-corrected chi connectivity index (χ2v) is 8.65. The lowest BCUT2D eigenvalue weighted by molar-refractivity contribution is -0.659. The van der Waals surface area contributed by atoms with E-state index >= 15 is 0 Å². The van der Waals surface area contributed by atoms with Gasteiger partial charge in [-0.25, -0.2) is 4.57 Å². The molecule has 0 amide bonds. The third-order valence-electron chi connectivity index (χ3n) is 5.79. The molecule has 1 aromatic heterocycles. The fourth-order valence-electron chi connectivity index (χ4n) is 4.22. The average Bonchev–Trinajstić information content (AvgIpc) is 3.15. The fourth-order valence-corrected chi connectivity index (χ4v) is 4.22. The number of aromatic nitrogens is 2. The molecule has 0 aliphatic rings. The summed E-state index contributed by atoms with van der Waals surface area (Å²) in [7, 11) is 2.13. The number of imidazole rings is 1. The zero-order valence-electron chi connectivity index (χ0n) is 18.6. The highest BCUT2D eigenvalue weighted by molar-refractivity contribution is 5.71. The van der Waals surface area contributed by atoms with Gasteiger partial charge >= 0.3 is 0 Å². The first kappa shape index (κ1) is 20.2. The molecule has 0 radical (unpaired) electrons. The molecule has 1 heterocycles. The van der Waals surface area contributed by atoms with E-state index in [1.54, 1.807) is 0 Å². The van der Waals surface area contributed by atoms with Crippen molar-refractivity contribution in [1.29, 1.82) is 0 Å². The molecule has 2 nitrogen and oxygen atoms in total. The number of hydrogen-bond donors (Lipinski definition) is 0. The van der Waals surface area contributed by atoms with Crippen LogP contribution in [0.1, 0.15) is 50.7 Å². The maximum atomic E-state index is 2.38. The summed E-state index contributed by atoms with van der Waals surface area (Å²) in [5.41, 5.74) is 7.88. The molecule has 30 heavy (non-hydrogen) atoms. The molecule has 0 saturated heterocycles. The molecule has 4 rings (SSSR count). The number of benzene rings is 3. The molecule has 3 aromatic carbocycles. The van der Waals surface area contributed by atoms with Gasteiger partial charge in [-0.15, -0.1) is 0 Å². The first-order valence-electron chi connectivity index (χ1n) is 10.8. The van der Waals surface area contributed by atoms with E-state index in [9.17, 15) is 0 Å².